The summed E-state index contributed by atoms with van der Waals surface area (Å²) in [5, 5.41) is 0. The maximum Gasteiger partial charge on any atom is 0.00918 e. The fraction of sp³-hybridized carbons (Fsp3) is 0.429. The van der Waals surface area contributed by atoms with Gasteiger partial charge in [-0.15, -0.1) is 12.3 Å². The molecule has 1 aliphatic carbocycles. The van der Waals surface area contributed by atoms with Crippen molar-refractivity contribution in [3.63, 3.8) is 0 Å². The van der Waals surface area contributed by atoms with Crippen LogP contribution in [-0.2, 0) is 6.42 Å². The van der Waals surface area contributed by atoms with Gasteiger partial charge in [-0.05, 0) is 42.7 Å². The predicted octanol–water partition coefficient (Wildman–Crippen LogP) is 3.52. The number of fused-ring (bicyclic) bond motifs is 1. The van der Waals surface area contributed by atoms with Crippen molar-refractivity contribution in [1.29, 1.82) is 0 Å². The van der Waals surface area contributed by atoms with Gasteiger partial charge in [0.15, 0.2) is 0 Å². The van der Waals surface area contributed by atoms with Gasteiger partial charge in [-0.1, -0.05) is 24.3 Å². The van der Waals surface area contributed by atoms with Crippen molar-refractivity contribution in [1.82, 2.24) is 0 Å². The molecule has 72 valence electrons. The Labute approximate surface area is 86.3 Å². The Hall–Kier alpha value is -1.22. The summed E-state index contributed by atoms with van der Waals surface area (Å²) >= 11 is 0. The van der Waals surface area contributed by atoms with E-state index in [1.54, 1.807) is 11.1 Å². The lowest BCUT2D eigenvalue weighted by Gasteiger charge is -2.24. The number of hydrogen-bond acceptors (Lipinski definition) is 0. The molecule has 0 N–H and O–H groups in total. The van der Waals surface area contributed by atoms with Gasteiger partial charge < -0.3 is 0 Å². The summed E-state index contributed by atoms with van der Waals surface area (Å²) in [6.45, 7) is 0. The Morgan fingerprint density at radius 1 is 1.36 bits per heavy atom. The third kappa shape index (κ3) is 1.82. The minimum absolute atomic E-state index is 0.719. The van der Waals surface area contributed by atoms with Crippen molar-refractivity contribution in [3.8, 4) is 12.3 Å². The summed E-state index contributed by atoms with van der Waals surface area (Å²) in [4.78, 5) is 0. The topological polar surface area (TPSA) is 0 Å². The third-order valence-electron chi connectivity index (χ3n) is 3.13. The van der Waals surface area contributed by atoms with E-state index in [1.165, 1.54) is 19.3 Å². The highest BCUT2D eigenvalue weighted by Gasteiger charge is 2.18. The second kappa shape index (κ2) is 4.33. The zero-order valence-electron chi connectivity index (χ0n) is 8.50. The molecule has 0 heteroatoms. The molecule has 0 saturated carbocycles. The van der Waals surface area contributed by atoms with Crippen LogP contribution >= 0.6 is 0 Å². The molecule has 0 nitrogen and oxygen atoms in total. The lowest BCUT2D eigenvalue weighted by molar-refractivity contribution is 0.527. The summed E-state index contributed by atoms with van der Waals surface area (Å²) in [5.41, 5.74) is 3.09. The average molecular weight is 184 g/mol. The Morgan fingerprint density at radius 2 is 2.21 bits per heavy atom. The smallest absolute Gasteiger partial charge is 0.00918 e. The Kier molecular flexibility index (Phi) is 2.89. The van der Waals surface area contributed by atoms with E-state index in [1.807, 2.05) is 0 Å². The predicted molar refractivity (Wildman–Crippen MR) is 60.2 cm³/mol. The van der Waals surface area contributed by atoms with Crippen molar-refractivity contribution in [2.75, 3.05) is 0 Å². The maximum atomic E-state index is 5.32. The van der Waals surface area contributed by atoms with Gasteiger partial charge in [0.1, 0.15) is 0 Å². The van der Waals surface area contributed by atoms with E-state index < -0.39 is 0 Å². The molecule has 1 aliphatic rings. The van der Waals surface area contributed by atoms with Gasteiger partial charge in [-0.2, -0.15) is 0 Å². The van der Waals surface area contributed by atoms with Crippen molar-refractivity contribution >= 4 is 0 Å². The van der Waals surface area contributed by atoms with Crippen molar-refractivity contribution < 1.29 is 0 Å². The fourth-order valence-corrected chi connectivity index (χ4v) is 2.41. The zero-order chi connectivity index (χ0) is 9.80. The molecule has 0 fully saturated rings. The van der Waals surface area contributed by atoms with Crippen LogP contribution in [0.5, 0.6) is 0 Å². The van der Waals surface area contributed by atoms with Crippen LogP contribution in [0.25, 0.3) is 0 Å². The summed E-state index contributed by atoms with van der Waals surface area (Å²) in [6, 6.07) is 8.82. The normalized spacial score (nSPS) is 19.8. The molecular formula is C14H16. The first kappa shape index (κ1) is 9.34. The molecular weight excluding hydrogens is 168 g/mol. The molecule has 1 atom stereocenters. The molecule has 1 aromatic carbocycles. The standard InChI is InChI=1S/C14H16/c1-2-3-7-12-9-6-10-13-8-4-5-11-14(12)13/h1,4-5,8,11-12H,3,6-7,9-10H2. The summed E-state index contributed by atoms with van der Waals surface area (Å²) in [6.07, 6.45) is 11.3. The molecule has 0 amide bonds. The molecule has 0 bridgehead atoms. The van der Waals surface area contributed by atoms with Crippen LogP contribution in [-0.4, -0.2) is 0 Å². The molecule has 2 rings (SSSR count). The van der Waals surface area contributed by atoms with Crippen molar-refractivity contribution in [2.45, 2.75) is 38.0 Å². The van der Waals surface area contributed by atoms with Crippen LogP contribution in [0.2, 0.25) is 0 Å². The van der Waals surface area contributed by atoms with Crippen LogP contribution in [0, 0.1) is 12.3 Å². The Morgan fingerprint density at radius 3 is 3.07 bits per heavy atom. The highest BCUT2D eigenvalue weighted by atomic mass is 14.2. The number of terminal acetylenes is 1. The fourth-order valence-electron chi connectivity index (χ4n) is 2.41. The first-order valence-electron chi connectivity index (χ1n) is 5.43. The van der Waals surface area contributed by atoms with E-state index in [0.29, 0.717) is 0 Å². The number of benzene rings is 1. The highest BCUT2D eigenvalue weighted by Crippen LogP contribution is 2.34. The van der Waals surface area contributed by atoms with Crippen LogP contribution in [0.4, 0.5) is 0 Å². The maximum absolute atomic E-state index is 5.32. The van der Waals surface area contributed by atoms with Crippen molar-refractivity contribution in [3.05, 3.63) is 35.4 Å². The lowest BCUT2D eigenvalue weighted by atomic mass is 9.80. The van der Waals surface area contributed by atoms with E-state index in [-0.39, 0.29) is 0 Å². The number of rotatable bonds is 2. The third-order valence-corrected chi connectivity index (χ3v) is 3.13. The monoisotopic (exact) mass is 184 g/mol. The summed E-state index contributed by atoms with van der Waals surface area (Å²) in [5.74, 6) is 3.46. The first-order valence-corrected chi connectivity index (χ1v) is 5.43. The van der Waals surface area contributed by atoms with E-state index in [9.17, 15) is 0 Å². The van der Waals surface area contributed by atoms with E-state index in [2.05, 4.69) is 30.2 Å². The van der Waals surface area contributed by atoms with E-state index in [4.69, 9.17) is 6.42 Å². The van der Waals surface area contributed by atoms with E-state index in [0.717, 1.165) is 18.8 Å². The number of hydrogen-bond donors (Lipinski definition) is 0. The molecule has 0 aliphatic heterocycles. The highest BCUT2D eigenvalue weighted by molar-refractivity contribution is 5.32. The lowest BCUT2D eigenvalue weighted by Crippen LogP contribution is -2.09. The Balaban J connectivity index is 2.18. The summed E-state index contributed by atoms with van der Waals surface area (Å²) in [7, 11) is 0. The van der Waals surface area contributed by atoms with Crippen LogP contribution in [0.1, 0.15) is 42.7 Å². The molecule has 0 aromatic heterocycles. The minimum Gasteiger partial charge on any atom is -0.120 e. The van der Waals surface area contributed by atoms with Crippen LogP contribution < -0.4 is 0 Å². The molecule has 0 heterocycles. The van der Waals surface area contributed by atoms with Gasteiger partial charge >= 0.3 is 0 Å². The zero-order valence-corrected chi connectivity index (χ0v) is 8.50. The second-order valence-electron chi connectivity index (χ2n) is 4.03. The first-order chi connectivity index (χ1) is 6.92. The molecule has 1 unspecified atom stereocenters. The molecule has 1 aromatic rings. The Bertz CT molecular complexity index is 343. The molecule has 0 spiro atoms. The second-order valence-corrected chi connectivity index (χ2v) is 4.03. The van der Waals surface area contributed by atoms with Gasteiger partial charge in [0.2, 0.25) is 0 Å². The minimum atomic E-state index is 0.719. The van der Waals surface area contributed by atoms with Gasteiger partial charge in [0, 0.05) is 6.42 Å². The van der Waals surface area contributed by atoms with Crippen molar-refractivity contribution in [2.24, 2.45) is 0 Å². The quantitative estimate of drug-likeness (QED) is 0.617. The van der Waals surface area contributed by atoms with Crippen LogP contribution in [0.3, 0.4) is 0 Å². The van der Waals surface area contributed by atoms with E-state index >= 15 is 0 Å². The molecule has 0 radical (unpaired) electrons. The van der Waals surface area contributed by atoms with Gasteiger partial charge in [0.05, 0.1) is 0 Å². The van der Waals surface area contributed by atoms with Crippen LogP contribution in [0.15, 0.2) is 24.3 Å². The SMILES string of the molecule is C#CCCC1CCCc2ccccc21. The molecule has 14 heavy (non-hydrogen) atoms. The average Bonchev–Trinajstić information content (AvgIpc) is 2.26. The summed E-state index contributed by atoms with van der Waals surface area (Å²) < 4.78 is 0. The molecule has 0 saturated heterocycles. The van der Waals surface area contributed by atoms with Gasteiger partial charge in [-0.25, -0.2) is 0 Å². The van der Waals surface area contributed by atoms with Gasteiger partial charge in [-0.3, -0.25) is 0 Å². The van der Waals surface area contributed by atoms with Gasteiger partial charge in [0.25, 0.3) is 0 Å². The largest absolute Gasteiger partial charge is 0.120 e. The number of aryl methyl sites for hydroxylation is 1.